The second kappa shape index (κ2) is 4.42. The van der Waals surface area contributed by atoms with E-state index < -0.39 is 6.67 Å². The predicted octanol–water partition coefficient (Wildman–Crippen LogP) is 2.23. The molecule has 78 valence electrons. The normalized spacial score (nSPS) is 11.4. The minimum Gasteiger partial charge on any atom is -0.491 e. The standard InChI is InChI=1S/C11H16FNO/c1-11(2,13)9-3-5-10(6-4-9)14-8-7-12/h3-6H,7-8,13H2,1-2H3. The molecule has 0 atom stereocenters. The van der Waals surface area contributed by atoms with Gasteiger partial charge in [0.05, 0.1) is 0 Å². The highest BCUT2D eigenvalue weighted by molar-refractivity contribution is 5.30. The molecule has 1 aromatic rings. The molecule has 0 saturated carbocycles. The Kier molecular flexibility index (Phi) is 3.47. The van der Waals surface area contributed by atoms with Gasteiger partial charge in [0.1, 0.15) is 19.0 Å². The molecule has 0 aliphatic heterocycles. The van der Waals surface area contributed by atoms with Gasteiger partial charge in [-0.15, -0.1) is 0 Å². The molecule has 2 N–H and O–H groups in total. The zero-order valence-electron chi connectivity index (χ0n) is 8.59. The maximum Gasteiger partial charge on any atom is 0.123 e. The van der Waals surface area contributed by atoms with E-state index in [0.29, 0.717) is 5.75 Å². The van der Waals surface area contributed by atoms with Crippen LogP contribution in [0, 0.1) is 0 Å². The van der Waals surface area contributed by atoms with Gasteiger partial charge in [0.15, 0.2) is 0 Å². The Morgan fingerprint density at radius 3 is 2.29 bits per heavy atom. The van der Waals surface area contributed by atoms with Crippen molar-refractivity contribution in [1.82, 2.24) is 0 Å². The third-order valence-electron chi connectivity index (χ3n) is 1.94. The quantitative estimate of drug-likeness (QED) is 0.803. The molecule has 3 heteroatoms. The van der Waals surface area contributed by atoms with E-state index >= 15 is 0 Å². The Morgan fingerprint density at radius 2 is 1.86 bits per heavy atom. The maximum absolute atomic E-state index is 11.8. The van der Waals surface area contributed by atoms with E-state index in [1.54, 1.807) is 12.1 Å². The van der Waals surface area contributed by atoms with Gasteiger partial charge in [-0.2, -0.15) is 0 Å². The molecule has 0 fully saturated rings. The van der Waals surface area contributed by atoms with Crippen LogP contribution in [0.4, 0.5) is 4.39 Å². The number of halogens is 1. The van der Waals surface area contributed by atoms with Gasteiger partial charge in [-0.1, -0.05) is 12.1 Å². The number of alkyl halides is 1. The van der Waals surface area contributed by atoms with Gasteiger partial charge in [-0.3, -0.25) is 0 Å². The van der Waals surface area contributed by atoms with Crippen molar-refractivity contribution in [2.75, 3.05) is 13.3 Å². The molecule has 0 saturated heterocycles. The first kappa shape index (κ1) is 11.0. The van der Waals surface area contributed by atoms with Crippen LogP contribution in [0.1, 0.15) is 19.4 Å². The van der Waals surface area contributed by atoms with E-state index in [1.807, 2.05) is 26.0 Å². The van der Waals surface area contributed by atoms with Crippen LogP contribution in [0.5, 0.6) is 5.75 Å². The van der Waals surface area contributed by atoms with Crippen LogP contribution in [0.2, 0.25) is 0 Å². The number of nitrogens with two attached hydrogens (primary N) is 1. The summed E-state index contributed by atoms with van der Waals surface area (Å²) in [5.41, 5.74) is 6.59. The van der Waals surface area contributed by atoms with Crippen molar-refractivity contribution in [3.8, 4) is 5.75 Å². The van der Waals surface area contributed by atoms with E-state index in [0.717, 1.165) is 5.56 Å². The maximum atomic E-state index is 11.8. The largest absolute Gasteiger partial charge is 0.491 e. The summed E-state index contributed by atoms with van der Waals surface area (Å²) in [7, 11) is 0. The number of ether oxygens (including phenoxy) is 1. The van der Waals surface area contributed by atoms with Crippen molar-refractivity contribution in [3.63, 3.8) is 0 Å². The van der Waals surface area contributed by atoms with Crippen LogP contribution in [0.25, 0.3) is 0 Å². The van der Waals surface area contributed by atoms with Gasteiger partial charge < -0.3 is 10.5 Å². The van der Waals surface area contributed by atoms with Crippen molar-refractivity contribution in [1.29, 1.82) is 0 Å². The van der Waals surface area contributed by atoms with Crippen LogP contribution in [0.3, 0.4) is 0 Å². The van der Waals surface area contributed by atoms with Crippen molar-refractivity contribution < 1.29 is 9.13 Å². The molecule has 0 amide bonds. The monoisotopic (exact) mass is 197 g/mol. The number of hydrogen-bond donors (Lipinski definition) is 1. The van der Waals surface area contributed by atoms with Crippen LogP contribution < -0.4 is 10.5 Å². The summed E-state index contributed by atoms with van der Waals surface area (Å²) in [6, 6.07) is 7.40. The van der Waals surface area contributed by atoms with Crippen molar-refractivity contribution in [2.45, 2.75) is 19.4 Å². The number of hydrogen-bond acceptors (Lipinski definition) is 2. The summed E-state index contributed by atoms with van der Waals surface area (Å²) >= 11 is 0. The lowest BCUT2D eigenvalue weighted by molar-refractivity contribution is 0.273. The highest BCUT2D eigenvalue weighted by atomic mass is 19.1. The second-order valence-electron chi connectivity index (χ2n) is 3.78. The molecule has 2 nitrogen and oxygen atoms in total. The highest BCUT2D eigenvalue weighted by Gasteiger charge is 2.13. The van der Waals surface area contributed by atoms with Gasteiger partial charge in [-0.05, 0) is 31.5 Å². The Bertz CT molecular complexity index is 276. The van der Waals surface area contributed by atoms with Gasteiger partial charge >= 0.3 is 0 Å². The van der Waals surface area contributed by atoms with E-state index in [2.05, 4.69) is 0 Å². The molecule has 0 aromatic heterocycles. The molecular formula is C11H16FNO. The van der Waals surface area contributed by atoms with E-state index in [-0.39, 0.29) is 12.1 Å². The topological polar surface area (TPSA) is 35.2 Å². The molecule has 0 aliphatic carbocycles. The van der Waals surface area contributed by atoms with Crippen LogP contribution in [0.15, 0.2) is 24.3 Å². The fourth-order valence-electron chi connectivity index (χ4n) is 1.14. The Balaban J connectivity index is 2.69. The summed E-state index contributed by atoms with van der Waals surface area (Å²) < 4.78 is 16.9. The molecule has 0 unspecified atom stereocenters. The SMILES string of the molecule is CC(C)(N)c1ccc(OCCF)cc1. The van der Waals surface area contributed by atoms with Crippen LogP contribution >= 0.6 is 0 Å². The molecular weight excluding hydrogens is 181 g/mol. The molecule has 0 bridgehead atoms. The van der Waals surface area contributed by atoms with Gasteiger partial charge in [-0.25, -0.2) is 4.39 Å². The average Bonchev–Trinajstić information content (AvgIpc) is 2.14. The Morgan fingerprint density at radius 1 is 1.29 bits per heavy atom. The molecule has 0 aliphatic rings. The first-order valence-corrected chi connectivity index (χ1v) is 4.62. The van der Waals surface area contributed by atoms with E-state index in [1.165, 1.54) is 0 Å². The smallest absolute Gasteiger partial charge is 0.123 e. The summed E-state index contributed by atoms with van der Waals surface area (Å²) in [4.78, 5) is 0. The van der Waals surface area contributed by atoms with E-state index in [9.17, 15) is 4.39 Å². The molecule has 0 spiro atoms. The minimum atomic E-state index is -0.468. The predicted molar refractivity (Wildman–Crippen MR) is 55.1 cm³/mol. The Labute approximate surface area is 83.9 Å². The lowest BCUT2D eigenvalue weighted by atomic mass is 9.96. The van der Waals surface area contributed by atoms with E-state index in [4.69, 9.17) is 10.5 Å². The zero-order valence-corrected chi connectivity index (χ0v) is 8.59. The summed E-state index contributed by atoms with van der Waals surface area (Å²) in [5.74, 6) is 0.677. The lowest BCUT2D eigenvalue weighted by Crippen LogP contribution is -2.28. The van der Waals surface area contributed by atoms with Gasteiger partial charge in [0.25, 0.3) is 0 Å². The van der Waals surface area contributed by atoms with Crippen molar-refractivity contribution >= 4 is 0 Å². The van der Waals surface area contributed by atoms with Gasteiger partial charge in [0, 0.05) is 5.54 Å². The average molecular weight is 197 g/mol. The number of rotatable bonds is 4. The molecule has 0 heterocycles. The summed E-state index contributed by atoms with van der Waals surface area (Å²) in [5, 5.41) is 0. The third-order valence-corrected chi connectivity index (χ3v) is 1.94. The first-order chi connectivity index (χ1) is 6.54. The summed E-state index contributed by atoms with van der Waals surface area (Å²) in [6.45, 7) is 3.50. The zero-order chi connectivity index (χ0) is 10.6. The van der Waals surface area contributed by atoms with Crippen molar-refractivity contribution in [2.24, 2.45) is 5.73 Å². The molecule has 0 radical (unpaired) electrons. The van der Waals surface area contributed by atoms with Crippen molar-refractivity contribution in [3.05, 3.63) is 29.8 Å². The summed E-state index contributed by atoms with van der Waals surface area (Å²) in [6.07, 6.45) is 0. The number of benzene rings is 1. The lowest BCUT2D eigenvalue weighted by Gasteiger charge is -2.19. The fourth-order valence-corrected chi connectivity index (χ4v) is 1.14. The second-order valence-corrected chi connectivity index (χ2v) is 3.78. The van der Waals surface area contributed by atoms with Gasteiger partial charge in [0.2, 0.25) is 0 Å². The minimum absolute atomic E-state index is 0.103. The first-order valence-electron chi connectivity index (χ1n) is 4.62. The molecule has 1 aromatic carbocycles. The third kappa shape index (κ3) is 3.00. The van der Waals surface area contributed by atoms with Crippen LogP contribution in [-0.4, -0.2) is 13.3 Å². The molecule has 14 heavy (non-hydrogen) atoms. The molecule has 1 rings (SSSR count). The van der Waals surface area contributed by atoms with Crippen LogP contribution in [-0.2, 0) is 5.54 Å². The highest BCUT2D eigenvalue weighted by Crippen LogP contribution is 2.20. The fraction of sp³-hybridized carbons (Fsp3) is 0.455. The Hall–Kier alpha value is -1.09.